The van der Waals surface area contributed by atoms with Gasteiger partial charge in [0.15, 0.2) is 0 Å². The second-order valence-electron chi connectivity index (χ2n) is 5.50. The lowest BCUT2D eigenvalue weighted by atomic mass is 10.1. The van der Waals surface area contributed by atoms with Crippen LogP contribution in [0.4, 0.5) is 0 Å². The third-order valence-electron chi connectivity index (χ3n) is 3.90. The van der Waals surface area contributed by atoms with Gasteiger partial charge in [-0.25, -0.2) is 13.1 Å². The largest absolute Gasteiger partial charge is 0.496 e. The van der Waals surface area contributed by atoms with Crippen molar-refractivity contribution in [3.63, 3.8) is 0 Å². The molecule has 1 heterocycles. The van der Waals surface area contributed by atoms with Gasteiger partial charge in [0, 0.05) is 13.0 Å². The number of aryl methyl sites for hydroxylation is 1. The Morgan fingerprint density at radius 1 is 1.22 bits per heavy atom. The number of nitrogens with one attached hydrogen (secondary N) is 1. The van der Waals surface area contributed by atoms with Crippen LogP contribution < -0.4 is 14.2 Å². The van der Waals surface area contributed by atoms with Crippen molar-refractivity contribution in [2.45, 2.75) is 24.8 Å². The molecule has 0 saturated carbocycles. The first-order valence-corrected chi connectivity index (χ1v) is 8.87. The highest BCUT2D eigenvalue weighted by Crippen LogP contribution is 2.26. The normalized spacial score (nSPS) is 13.5. The van der Waals surface area contributed by atoms with Crippen LogP contribution in [0.3, 0.4) is 0 Å². The smallest absolute Gasteiger partial charge is 0.240 e. The van der Waals surface area contributed by atoms with Crippen LogP contribution >= 0.6 is 0 Å². The number of fused-ring (bicyclic) bond motifs is 1. The zero-order valence-corrected chi connectivity index (χ0v) is 13.9. The Labute approximate surface area is 136 Å². The molecule has 0 spiro atoms. The predicted octanol–water partition coefficient (Wildman–Crippen LogP) is 2.42. The molecule has 5 nitrogen and oxygen atoms in total. The maximum Gasteiger partial charge on any atom is 0.240 e. The molecule has 2 aromatic carbocycles. The van der Waals surface area contributed by atoms with Crippen molar-refractivity contribution in [2.24, 2.45) is 0 Å². The van der Waals surface area contributed by atoms with E-state index in [4.69, 9.17) is 9.47 Å². The maximum atomic E-state index is 12.4. The van der Waals surface area contributed by atoms with Crippen LogP contribution in [-0.2, 0) is 23.0 Å². The molecule has 0 fully saturated rings. The van der Waals surface area contributed by atoms with Gasteiger partial charge in [-0.1, -0.05) is 12.1 Å². The summed E-state index contributed by atoms with van der Waals surface area (Å²) in [5, 5.41) is 0. The summed E-state index contributed by atoms with van der Waals surface area (Å²) in [4.78, 5) is 0.236. The molecule has 0 aromatic heterocycles. The van der Waals surface area contributed by atoms with Crippen molar-refractivity contribution >= 4 is 10.0 Å². The van der Waals surface area contributed by atoms with Crippen LogP contribution in [0.5, 0.6) is 11.5 Å². The molecule has 2 aromatic rings. The molecule has 3 rings (SSSR count). The highest BCUT2D eigenvalue weighted by molar-refractivity contribution is 7.89. The maximum absolute atomic E-state index is 12.4. The van der Waals surface area contributed by atoms with Crippen molar-refractivity contribution < 1.29 is 17.9 Å². The third-order valence-corrected chi connectivity index (χ3v) is 5.30. The molecule has 0 amide bonds. The zero-order chi connectivity index (χ0) is 16.4. The molecule has 0 radical (unpaired) electrons. The quantitative estimate of drug-likeness (QED) is 0.913. The van der Waals surface area contributed by atoms with E-state index in [9.17, 15) is 8.42 Å². The minimum absolute atomic E-state index is 0.236. The Bertz CT molecular complexity index is 830. The molecule has 122 valence electrons. The molecule has 0 unspecified atom stereocenters. The van der Waals surface area contributed by atoms with Crippen LogP contribution in [0.25, 0.3) is 0 Å². The first-order chi connectivity index (χ1) is 11.0. The van der Waals surface area contributed by atoms with Gasteiger partial charge >= 0.3 is 0 Å². The van der Waals surface area contributed by atoms with Crippen LogP contribution in [0, 0.1) is 6.92 Å². The Balaban J connectivity index is 1.75. The highest BCUT2D eigenvalue weighted by Gasteiger charge is 2.16. The van der Waals surface area contributed by atoms with Crippen LogP contribution in [0.1, 0.15) is 16.7 Å². The van der Waals surface area contributed by atoms with Gasteiger partial charge in [0.1, 0.15) is 11.5 Å². The Hall–Kier alpha value is -2.05. The Morgan fingerprint density at radius 2 is 2.04 bits per heavy atom. The lowest BCUT2D eigenvalue weighted by Crippen LogP contribution is -2.23. The van der Waals surface area contributed by atoms with Gasteiger partial charge in [-0.15, -0.1) is 0 Å². The number of hydrogen-bond acceptors (Lipinski definition) is 4. The summed E-state index contributed by atoms with van der Waals surface area (Å²) in [5.41, 5.74) is 2.83. The Kier molecular flexibility index (Phi) is 4.28. The van der Waals surface area contributed by atoms with Crippen molar-refractivity contribution in [3.05, 3.63) is 53.1 Å². The summed E-state index contributed by atoms with van der Waals surface area (Å²) >= 11 is 0. The standard InChI is InChI=1S/C17H19NO4S/c1-12-9-15(4-6-16(12)21-2)23(19,20)18-11-13-3-5-17-14(10-13)7-8-22-17/h3-6,9-10,18H,7-8,11H2,1-2H3. The molecular formula is C17H19NO4S. The van der Waals surface area contributed by atoms with E-state index >= 15 is 0 Å². The van der Waals surface area contributed by atoms with E-state index in [0.717, 1.165) is 28.9 Å². The lowest BCUT2D eigenvalue weighted by molar-refractivity contribution is 0.357. The minimum Gasteiger partial charge on any atom is -0.496 e. The SMILES string of the molecule is COc1ccc(S(=O)(=O)NCc2ccc3c(c2)CCO3)cc1C. The number of benzene rings is 2. The van der Waals surface area contributed by atoms with Gasteiger partial charge in [-0.3, -0.25) is 0 Å². The molecular weight excluding hydrogens is 314 g/mol. The number of methoxy groups -OCH3 is 1. The Morgan fingerprint density at radius 3 is 2.78 bits per heavy atom. The summed E-state index contributed by atoms with van der Waals surface area (Å²) in [6.45, 7) is 2.76. The molecule has 1 aliphatic heterocycles. The zero-order valence-electron chi connectivity index (χ0n) is 13.1. The number of sulfonamides is 1. The minimum atomic E-state index is -3.56. The molecule has 23 heavy (non-hydrogen) atoms. The van der Waals surface area contributed by atoms with Crippen molar-refractivity contribution in [2.75, 3.05) is 13.7 Å². The van der Waals surface area contributed by atoms with Crippen molar-refractivity contribution in [1.29, 1.82) is 0 Å². The van der Waals surface area contributed by atoms with E-state index in [2.05, 4.69) is 4.72 Å². The predicted molar refractivity (Wildman–Crippen MR) is 87.4 cm³/mol. The fourth-order valence-electron chi connectivity index (χ4n) is 2.63. The summed E-state index contributed by atoms with van der Waals surface area (Å²) in [6, 6.07) is 10.6. The van der Waals surface area contributed by atoms with E-state index in [1.807, 2.05) is 25.1 Å². The van der Waals surface area contributed by atoms with Gasteiger partial charge < -0.3 is 9.47 Å². The van der Waals surface area contributed by atoms with Gasteiger partial charge in [-0.2, -0.15) is 0 Å². The fourth-order valence-corrected chi connectivity index (χ4v) is 3.73. The molecule has 1 N–H and O–H groups in total. The van der Waals surface area contributed by atoms with Crippen LogP contribution in [0.15, 0.2) is 41.3 Å². The average Bonchev–Trinajstić information content (AvgIpc) is 3.00. The summed E-state index contributed by atoms with van der Waals surface area (Å²) in [6.07, 6.45) is 0.869. The lowest BCUT2D eigenvalue weighted by Gasteiger charge is -2.10. The molecule has 0 atom stereocenters. The van der Waals surface area contributed by atoms with E-state index in [0.29, 0.717) is 12.4 Å². The van der Waals surface area contributed by atoms with Crippen LogP contribution in [0.2, 0.25) is 0 Å². The van der Waals surface area contributed by atoms with Crippen LogP contribution in [-0.4, -0.2) is 22.1 Å². The summed E-state index contributed by atoms with van der Waals surface area (Å²) in [7, 11) is -2.00. The van der Waals surface area contributed by atoms with Gasteiger partial charge in [-0.05, 0) is 47.9 Å². The van der Waals surface area contributed by atoms with Crippen molar-refractivity contribution in [3.8, 4) is 11.5 Å². The number of hydrogen-bond donors (Lipinski definition) is 1. The first kappa shape index (κ1) is 15.8. The monoisotopic (exact) mass is 333 g/mol. The number of ether oxygens (including phenoxy) is 2. The van der Waals surface area contributed by atoms with E-state index < -0.39 is 10.0 Å². The second-order valence-corrected chi connectivity index (χ2v) is 7.26. The van der Waals surface area contributed by atoms with Gasteiger partial charge in [0.05, 0.1) is 18.6 Å². The summed E-state index contributed by atoms with van der Waals surface area (Å²) in [5.74, 6) is 1.56. The topological polar surface area (TPSA) is 64.6 Å². The van der Waals surface area contributed by atoms with E-state index in [1.54, 1.807) is 25.3 Å². The molecule has 0 saturated heterocycles. The van der Waals surface area contributed by atoms with E-state index in [-0.39, 0.29) is 11.4 Å². The molecule has 6 heteroatoms. The molecule has 1 aliphatic rings. The second kappa shape index (κ2) is 6.22. The first-order valence-electron chi connectivity index (χ1n) is 7.38. The van der Waals surface area contributed by atoms with Gasteiger partial charge in [0.2, 0.25) is 10.0 Å². The highest BCUT2D eigenvalue weighted by atomic mass is 32.2. The third kappa shape index (κ3) is 3.33. The average molecular weight is 333 g/mol. The molecule has 0 bridgehead atoms. The fraction of sp³-hybridized carbons (Fsp3) is 0.294. The van der Waals surface area contributed by atoms with Crippen molar-refractivity contribution in [1.82, 2.24) is 4.72 Å². The molecule has 0 aliphatic carbocycles. The van der Waals surface area contributed by atoms with E-state index in [1.165, 1.54) is 0 Å². The summed E-state index contributed by atoms with van der Waals surface area (Å²) < 4.78 is 38.1. The van der Waals surface area contributed by atoms with Gasteiger partial charge in [0.25, 0.3) is 0 Å². The number of rotatable bonds is 5.